The van der Waals surface area contributed by atoms with Crippen LogP contribution in [0.15, 0.2) is 0 Å². The van der Waals surface area contributed by atoms with Gasteiger partial charge in [-0.2, -0.15) is 12.7 Å². The molecule has 5 heteroatoms. The van der Waals surface area contributed by atoms with Crippen LogP contribution in [0.4, 0.5) is 0 Å². The molecule has 0 aliphatic rings. The molecule has 0 saturated heterocycles. The van der Waals surface area contributed by atoms with E-state index in [-0.39, 0.29) is 0 Å². The third-order valence-corrected chi connectivity index (χ3v) is 3.22. The molecule has 12 heavy (non-hydrogen) atoms. The molecule has 0 fully saturated rings. The minimum absolute atomic E-state index is 0.443. The van der Waals surface area contributed by atoms with Crippen molar-refractivity contribution in [2.24, 2.45) is 0 Å². The van der Waals surface area contributed by atoms with E-state index in [0.29, 0.717) is 13.1 Å². The first-order valence-electron chi connectivity index (χ1n) is 4.25. The molecule has 0 saturated carbocycles. The number of unbranched alkanes of at least 4 members (excludes halogenated alkanes) is 1. The molecule has 0 radical (unpaired) electrons. The van der Waals surface area contributed by atoms with E-state index in [0.717, 1.165) is 12.8 Å². The Morgan fingerprint density at radius 1 is 1.33 bits per heavy atom. The molecular formula is C7H18N2O2S. The van der Waals surface area contributed by atoms with Crippen LogP contribution in [-0.2, 0) is 10.2 Å². The van der Waals surface area contributed by atoms with E-state index in [9.17, 15) is 8.42 Å². The molecule has 0 spiro atoms. The normalized spacial score (nSPS) is 12.3. The molecule has 0 heterocycles. The van der Waals surface area contributed by atoms with E-state index < -0.39 is 10.2 Å². The minimum atomic E-state index is -3.20. The van der Waals surface area contributed by atoms with Crippen LogP contribution >= 0.6 is 0 Å². The van der Waals surface area contributed by atoms with E-state index >= 15 is 0 Å². The number of nitrogens with zero attached hydrogens (tertiary/aromatic N) is 1. The Bertz CT molecular complexity index is 201. The maximum atomic E-state index is 11.3. The first-order valence-corrected chi connectivity index (χ1v) is 5.69. The highest BCUT2D eigenvalue weighted by Gasteiger charge is 2.14. The summed E-state index contributed by atoms with van der Waals surface area (Å²) in [5.41, 5.74) is 0. The smallest absolute Gasteiger partial charge is 0.202 e. The van der Waals surface area contributed by atoms with Crippen molar-refractivity contribution in [3.8, 4) is 0 Å². The van der Waals surface area contributed by atoms with Gasteiger partial charge in [-0.15, -0.1) is 0 Å². The average molecular weight is 194 g/mol. The van der Waals surface area contributed by atoms with E-state index in [4.69, 9.17) is 0 Å². The van der Waals surface area contributed by atoms with Gasteiger partial charge in [0.25, 0.3) is 10.2 Å². The summed E-state index contributed by atoms with van der Waals surface area (Å²) in [6.07, 6.45) is 1.91. The van der Waals surface area contributed by atoms with E-state index in [2.05, 4.69) is 4.72 Å². The second kappa shape index (κ2) is 5.50. The van der Waals surface area contributed by atoms with Crippen LogP contribution in [0.3, 0.4) is 0 Å². The second-order valence-corrected chi connectivity index (χ2v) is 4.54. The zero-order chi connectivity index (χ0) is 9.61. The first kappa shape index (κ1) is 11.9. The summed E-state index contributed by atoms with van der Waals surface area (Å²) in [6, 6.07) is 0. The van der Waals surface area contributed by atoms with Crippen molar-refractivity contribution in [1.82, 2.24) is 9.03 Å². The number of hydrogen-bond acceptors (Lipinski definition) is 2. The summed E-state index contributed by atoms with van der Waals surface area (Å²) in [5, 5.41) is 0. The highest BCUT2D eigenvalue weighted by atomic mass is 32.2. The van der Waals surface area contributed by atoms with Crippen molar-refractivity contribution >= 4 is 10.2 Å². The van der Waals surface area contributed by atoms with Crippen LogP contribution in [0.25, 0.3) is 0 Å². The Morgan fingerprint density at radius 2 is 1.92 bits per heavy atom. The number of rotatable bonds is 6. The SMILES string of the molecule is CCCCN(C)S(=O)(=O)NCC. The van der Waals surface area contributed by atoms with Gasteiger partial charge in [0.2, 0.25) is 0 Å². The van der Waals surface area contributed by atoms with Crippen LogP contribution in [0, 0.1) is 0 Å². The molecule has 0 aromatic carbocycles. The summed E-state index contributed by atoms with van der Waals surface area (Å²) in [5.74, 6) is 0. The summed E-state index contributed by atoms with van der Waals surface area (Å²) < 4.78 is 26.3. The minimum Gasteiger partial charge on any atom is -0.202 e. The lowest BCUT2D eigenvalue weighted by Gasteiger charge is -2.16. The number of hydrogen-bond donors (Lipinski definition) is 1. The largest absolute Gasteiger partial charge is 0.279 e. The fraction of sp³-hybridized carbons (Fsp3) is 1.00. The van der Waals surface area contributed by atoms with Gasteiger partial charge in [0.1, 0.15) is 0 Å². The molecule has 0 atom stereocenters. The van der Waals surface area contributed by atoms with Crippen molar-refractivity contribution < 1.29 is 8.42 Å². The van der Waals surface area contributed by atoms with E-state index in [1.54, 1.807) is 14.0 Å². The lowest BCUT2D eigenvalue weighted by atomic mass is 10.3. The van der Waals surface area contributed by atoms with Gasteiger partial charge in [0.05, 0.1) is 0 Å². The van der Waals surface area contributed by atoms with E-state index in [1.165, 1.54) is 4.31 Å². The molecule has 0 aromatic heterocycles. The second-order valence-electron chi connectivity index (χ2n) is 2.68. The molecule has 0 unspecified atom stereocenters. The van der Waals surface area contributed by atoms with E-state index in [1.807, 2.05) is 6.92 Å². The quantitative estimate of drug-likeness (QED) is 0.672. The van der Waals surface area contributed by atoms with Gasteiger partial charge >= 0.3 is 0 Å². The predicted molar refractivity (Wildman–Crippen MR) is 50.1 cm³/mol. The topological polar surface area (TPSA) is 49.4 Å². The highest BCUT2D eigenvalue weighted by molar-refractivity contribution is 7.87. The molecule has 74 valence electrons. The summed E-state index contributed by atoms with van der Waals surface area (Å²) in [7, 11) is -1.61. The van der Waals surface area contributed by atoms with Gasteiger partial charge in [-0.05, 0) is 6.42 Å². The van der Waals surface area contributed by atoms with Crippen LogP contribution in [0.2, 0.25) is 0 Å². The van der Waals surface area contributed by atoms with Gasteiger partial charge in [0.15, 0.2) is 0 Å². The molecule has 0 bridgehead atoms. The predicted octanol–water partition coefficient (Wildman–Crippen LogP) is 0.573. The number of nitrogens with one attached hydrogen (secondary N) is 1. The van der Waals surface area contributed by atoms with Gasteiger partial charge in [-0.1, -0.05) is 20.3 Å². The molecule has 0 aromatic rings. The summed E-state index contributed by atoms with van der Waals surface area (Å²) >= 11 is 0. The zero-order valence-electron chi connectivity index (χ0n) is 8.00. The van der Waals surface area contributed by atoms with Crippen LogP contribution in [0.5, 0.6) is 0 Å². The Balaban J connectivity index is 3.98. The summed E-state index contributed by atoms with van der Waals surface area (Å²) in [4.78, 5) is 0. The maximum absolute atomic E-state index is 11.3. The van der Waals surface area contributed by atoms with Crippen molar-refractivity contribution in [2.75, 3.05) is 20.1 Å². The maximum Gasteiger partial charge on any atom is 0.279 e. The Hall–Kier alpha value is -0.130. The molecule has 4 nitrogen and oxygen atoms in total. The Kier molecular flexibility index (Phi) is 5.44. The van der Waals surface area contributed by atoms with Crippen molar-refractivity contribution in [3.05, 3.63) is 0 Å². The standard InChI is InChI=1S/C7H18N2O2S/c1-4-6-7-9(3)12(10,11)8-5-2/h8H,4-7H2,1-3H3. The Morgan fingerprint density at radius 3 is 2.33 bits per heavy atom. The molecule has 0 amide bonds. The van der Waals surface area contributed by atoms with Gasteiger partial charge in [-0.25, -0.2) is 4.72 Å². The van der Waals surface area contributed by atoms with Crippen LogP contribution in [0.1, 0.15) is 26.7 Å². The lowest BCUT2D eigenvalue weighted by Crippen LogP contribution is -2.38. The van der Waals surface area contributed by atoms with Gasteiger partial charge in [-0.3, -0.25) is 0 Å². The van der Waals surface area contributed by atoms with Gasteiger partial charge in [0, 0.05) is 20.1 Å². The highest BCUT2D eigenvalue weighted by Crippen LogP contribution is 1.96. The molecular weight excluding hydrogens is 176 g/mol. The van der Waals surface area contributed by atoms with Crippen molar-refractivity contribution in [1.29, 1.82) is 0 Å². The van der Waals surface area contributed by atoms with Crippen LogP contribution < -0.4 is 4.72 Å². The molecule has 1 N–H and O–H groups in total. The molecule has 0 aliphatic carbocycles. The summed E-state index contributed by atoms with van der Waals surface area (Å²) in [6.45, 7) is 4.84. The Labute approximate surface area is 75.1 Å². The lowest BCUT2D eigenvalue weighted by molar-refractivity contribution is 0.450. The first-order chi connectivity index (χ1) is 5.54. The third kappa shape index (κ3) is 4.04. The molecule has 0 rings (SSSR count). The third-order valence-electron chi connectivity index (χ3n) is 1.56. The van der Waals surface area contributed by atoms with Crippen molar-refractivity contribution in [3.63, 3.8) is 0 Å². The fourth-order valence-corrected chi connectivity index (χ4v) is 1.75. The molecule has 0 aliphatic heterocycles. The fourth-order valence-electron chi connectivity index (χ4n) is 0.794. The van der Waals surface area contributed by atoms with Crippen LogP contribution in [-0.4, -0.2) is 32.9 Å². The average Bonchev–Trinajstić information content (AvgIpc) is 2.00. The van der Waals surface area contributed by atoms with Crippen molar-refractivity contribution in [2.45, 2.75) is 26.7 Å². The van der Waals surface area contributed by atoms with Gasteiger partial charge < -0.3 is 0 Å². The monoisotopic (exact) mass is 194 g/mol. The zero-order valence-corrected chi connectivity index (χ0v) is 8.82.